The molecule has 1 aliphatic rings. The molecule has 0 aliphatic carbocycles. The van der Waals surface area contributed by atoms with Gasteiger partial charge in [0, 0.05) is 25.8 Å². The van der Waals surface area contributed by atoms with Gasteiger partial charge >= 0.3 is 0 Å². The molecule has 1 aliphatic heterocycles. The number of benzene rings is 3. The van der Waals surface area contributed by atoms with Crippen LogP contribution < -0.4 is 20.3 Å². The minimum absolute atomic E-state index is 0.104. The summed E-state index contributed by atoms with van der Waals surface area (Å²) >= 11 is 1.24. The number of carbonyl (C=O) groups excluding carboxylic acids is 2. The minimum Gasteiger partial charge on any atom is -0.486 e. The van der Waals surface area contributed by atoms with Crippen LogP contribution in [0.3, 0.4) is 0 Å². The van der Waals surface area contributed by atoms with E-state index in [2.05, 4.69) is 5.32 Å². The van der Waals surface area contributed by atoms with Gasteiger partial charge in [0.05, 0.1) is 23.2 Å². The fourth-order valence-electron chi connectivity index (χ4n) is 3.72. The maximum Gasteiger partial charge on any atom is 0.262 e. The number of nitrogens with one attached hydrogen (secondary N) is 1. The number of fused-ring (bicyclic) bond motifs is 2. The molecule has 1 N–H and O–H groups in total. The zero-order chi connectivity index (χ0) is 27.8. The number of hydrogen-bond acceptors (Lipinski definition) is 7. The maximum atomic E-state index is 13.3. The number of amides is 2. The zero-order valence-corrected chi connectivity index (χ0v) is 22.9. The number of ether oxygens (including phenoxy) is 2. The molecule has 0 atom stereocenters. The van der Waals surface area contributed by atoms with Crippen molar-refractivity contribution in [2.45, 2.75) is 18.6 Å². The first-order chi connectivity index (χ1) is 18.8. The van der Waals surface area contributed by atoms with Crippen molar-refractivity contribution in [1.29, 1.82) is 0 Å². The lowest BCUT2D eigenvalue weighted by Crippen LogP contribution is -2.25. The Hall–Kier alpha value is -4.31. The number of rotatable bonds is 7. The molecular formula is C29H30N4O5S. The summed E-state index contributed by atoms with van der Waals surface area (Å²) in [7, 11) is 3.38. The van der Waals surface area contributed by atoms with Crippen LogP contribution in [0.5, 0.6) is 11.5 Å². The SMILES string of the molecule is CN(C)C=O.Cc1ccc(Cn2c(SCC(=O)Nc3ccc4c(c3)OCCO4)nc3ccccc3c2=O)cc1. The highest BCUT2D eigenvalue weighted by Crippen LogP contribution is 2.32. The molecule has 0 saturated carbocycles. The van der Waals surface area contributed by atoms with E-state index in [1.165, 1.54) is 16.7 Å². The van der Waals surface area contributed by atoms with Gasteiger partial charge in [-0.2, -0.15) is 0 Å². The van der Waals surface area contributed by atoms with Crippen molar-refractivity contribution in [2.75, 3.05) is 38.4 Å². The second kappa shape index (κ2) is 13.0. The fourth-order valence-corrected chi connectivity index (χ4v) is 4.52. The number of para-hydroxylation sites is 1. The number of aryl methyl sites for hydroxylation is 1. The van der Waals surface area contributed by atoms with Crippen molar-refractivity contribution in [3.63, 3.8) is 0 Å². The number of thioether (sulfide) groups is 1. The normalized spacial score (nSPS) is 11.8. The van der Waals surface area contributed by atoms with Gasteiger partial charge in [0.2, 0.25) is 12.3 Å². The first-order valence-electron chi connectivity index (χ1n) is 12.3. The van der Waals surface area contributed by atoms with E-state index in [9.17, 15) is 14.4 Å². The van der Waals surface area contributed by atoms with E-state index in [1.54, 1.807) is 42.9 Å². The predicted molar refractivity (Wildman–Crippen MR) is 153 cm³/mol. The van der Waals surface area contributed by atoms with E-state index in [-0.39, 0.29) is 17.2 Å². The molecule has 10 heteroatoms. The maximum absolute atomic E-state index is 13.3. The average molecular weight is 547 g/mol. The summed E-state index contributed by atoms with van der Waals surface area (Å²) in [4.78, 5) is 41.5. The van der Waals surface area contributed by atoms with Crippen molar-refractivity contribution in [1.82, 2.24) is 14.5 Å². The van der Waals surface area contributed by atoms with E-state index in [4.69, 9.17) is 14.5 Å². The van der Waals surface area contributed by atoms with E-state index in [0.29, 0.717) is 53.0 Å². The molecule has 9 nitrogen and oxygen atoms in total. The molecular weight excluding hydrogens is 516 g/mol. The lowest BCUT2D eigenvalue weighted by atomic mass is 10.1. The largest absolute Gasteiger partial charge is 0.486 e. The van der Waals surface area contributed by atoms with Gasteiger partial charge < -0.3 is 19.7 Å². The van der Waals surface area contributed by atoms with Gasteiger partial charge in [-0.25, -0.2) is 4.98 Å². The number of hydrogen-bond donors (Lipinski definition) is 1. The number of aromatic nitrogens is 2. The highest BCUT2D eigenvalue weighted by molar-refractivity contribution is 7.99. The van der Waals surface area contributed by atoms with Crippen molar-refractivity contribution in [2.24, 2.45) is 0 Å². The first-order valence-corrected chi connectivity index (χ1v) is 13.3. The summed E-state index contributed by atoms with van der Waals surface area (Å²) in [5.74, 6) is 1.18. The van der Waals surface area contributed by atoms with Crippen LogP contribution in [-0.4, -0.2) is 59.8 Å². The molecule has 0 fully saturated rings. The summed E-state index contributed by atoms with van der Waals surface area (Å²) in [5, 5.41) is 3.94. The van der Waals surface area contributed by atoms with Crippen LogP contribution in [0.1, 0.15) is 11.1 Å². The average Bonchev–Trinajstić information content (AvgIpc) is 2.95. The monoisotopic (exact) mass is 546 g/mol. The van der Waals surface area contributed by atoms with Crippen LogP contribution in [0.2, 0.25) is 0 Å². The Morgan fingerprint density at radius 1 is 1.05 bits per heavy atom. The van der Waals surface area contributed by atoms with Crippen LogP contribution in [0, 0.1) is 6.92 Å². The third-order valence-electron chi connectivity index (χ3n) is 5.66. The number of carbonyl (C=O) groups is 2. The molecule has 2 heterocycles. The summed E-state index contributed by atoms with van der Waals surface area (Å²) in [6, 6.07) is 20.6. The molecule has 0 bridgehead atoms. The zero-order valence-electron chi connectivity index (χ0n) is 22.0. The summed E-state index contributed by atoms with van der Waals surface area (Å²) in [5.41, 5.74) is 3.26. The van der Waals surface area contributed by atoms with Crippen molar-refractivity contribution in [3.05, 3.63) is 88.2 Å². The smallest absolute Gasteiger partial charge is 0.262 e. The van der Waals surface area contributed by atoms with Gasteiger partial charge in [-0.15, -0.1) is 0 Å². The number of anilines is 1. The van der Waals surface area contributed by atoms with Crippen LogP contribution in [-0.2, 0) is 16.1 Å². The van der Waals surface area contributed by atoms with Gasteiger partial charge in [0.15, 0.2) is 16.7 Å². The molecule has 0 saturated heterocycles. The quantitative estimate of drug-likeness (QED) is 0.213. The van der Waals surface area contributed by atoms with Crippen LogP contribution >= 0.6 is 11.8 Å². The molecule has 39 heavy (non-hydrogen) atoms. The molecule has 5 rings (SSSR count). The Morgan fingerprint density at radius 3 is 2.46 bits per heavy atom. The Kier molecular flexibility index (Phi) is 9.22. The van der Waals surface area contributed by atoms with Gasteiger partial charge in [-0.05, 0) is 36.8 Å². The third-order valence-corrected chi connectivity index (χ3v) is 6.63. The second-order valence-corrected chi connectivity index (χ2v) is 10.00. The third kappa shape index (κ3) is 7.38. The number of nitrogens with zero attached hydrogens (tertiary/aromatic N) is 3. The van der Waals surface area contributed by atoms with Crippen LogP contribution in [0.25, 0.3) is 10.9 Å². The minimum atomic E-state index is -0.203. The molecule has 4 aromatic rings. The van der Waals surface area contributed by atoms with E-state index < -0.39 is 0 Å². The van der Waals surface area contributed by atoms with Crippen LogP contribution in [0.4, 0.5) is 5.69 Å². The van der Waals surface area contributed by atoms with E-state index >= 15 is 0 Å². The topological polar surface area (TPSA) is 103 Å². The fraction of sp³-hybridized carbons (Fsp3) is 0.241. The molecule has 2 amide bonds. The highest BCUT2D eigenvalue weighted by atomic mass is 32.2. The Balaban J connectivity index is 0.000000648. The highest BCUT2D eigenvalue weighted by Gasteiger charge is 2.16. The van der Waals surface area contributed by atoms with Crippen LogP contribution in [0.15, 0.2) is 76.7 Å². The van der Waals surface area contributed by atoms with Crippen molar-refractivity contribution >= 4 is 40.7 Å². The molecule has 0 radical (unpaired) electrons. The Labute approximate surface area is 230 Å². The summed E-state index contributed by atoms with van der Waals surface area (Å²) < 4.78 is 12.7. The molecule has 0 unspecified atom stereocenters. The Morgan fingerprint density at radius 2 is 1.74 bits per heavy atom. The predicted octanol–water partition coefficient (Wildman–Crippen LogP) is 3.96. The summed E-state index contributed by atoms with van der Waals surface area (Å²) in [6.45, 7) is 3.39. The van der Waals surface area contributed by atoms with Crippen molar-refractivity contribution in [3.8, 4) is 11.5 Å². The van der Waals surface area contributed by atoms with Crippen molar-refractivity contribution < 1.29 is 19.1 Å². The Bertz CT molecular complexity index is 1520. The molecule has 1 aromatic heterocycles. The van der Waals surface area contributed by atoms with E-state index in [0.717, 1.165) is 17.5 Å². The molecule has 3 aromatic carbocycles. The molecule has 0 spiro atoms. The summed E-state index contributed by atoms with van der Waals surface area (Å²) in [6.07, 6.45) is 0.750. The van der Waals surface area contributed by atoms with Gasteiger partial charge in [-0.3, -0.25) is 19.0 Å². The lowest BCUT2D eigenvalue weighted by molar-refractivity contribution is -0.116. The first kappa shape index (κ1) is 27.7. The standard InChI is InChI=1S/C26H23N3O4S.C3H7NO/c1-17-6-8-18(9-7-17)15-29-25(31)20-4-2-3-5-21(20)28-26(29)34-16-24(30)27-19-10-11-22-23(14-19)33-13-12-32-22;1-4(2)3-5/h2-11,14H,12-13,15-16H2,1H3,(H,27,30);3H,1-2H3. The van der Waals surface area contributed by atoms with Gasteiger partial charge in [-0.1, -0.05) is 53.7 Å². The second-order valence-electron chi connectivity index (χ2n) is 9.05. The molecule has 202 valence electrons. The lowest BCUT2D eigenvalue weighted by Gasteiger charge is -2.19. The van der Waals surface area contributed by atoms with Gasteiger partial charge in [0.25, 0.3) is 5.56 Å². The van der Waals surface area contributed by atoms with E-state index in [1.807, 2.05) is 49.4 Å². The van der Waals surface area contributed by atoms with Gasteiger partial charge in [0.1, 0.15) is 13.2 Å².